The van der Waals surface area contributed by atoms with Crippen molar-refractivity contribution >= 4 is 29.3 Å². The van der Waals surface area contributed by atoms with Gasteiger partial charge in [-0.05, 0) is 24.8 Å². The van der Waals surface area contributed by atoms with Crippen LogP contribution in [0.3, 0.4) is 0 Å². The summed E-state index contributed by atoms with van der Waals surface area (Å²) in [5.74, 6) is 2.01. The Hall–Kier alpha value is -1.34. The number of rotatable bonds is 5. The first-order chi connectivity index (χ1) is 9.11. The fraction of sp³-hybridized carbons (Fsp3) is 0.455. The van der Waals surface area contributed by atoms with Gasteiger partial charge in [-0.25, -0.2) is 4.98 Å². The Bertz CT molecular complexity index is 532. The zero-order valence-electron chi connectivity index (χ0n) is 11.0. The Kier molecular flexibility index (Phi) is 4.60. The van der Waals surface area contributed by atoms with Crippen molar-refractivity contribution in [3.63, 3.8) is 0 Å². The molecule has 0 aromatic carbocycles. The lowest BCUT2D eigenvalue weighted by atomic mass is 10.3. The van der Waals surface area contributed by atoms with E-state index in [1.807, 2.05) is 11.9 Å². The maximum absolute atomic E-state index is 5.96. The highest BCUT2D eigenvalue weighted by Gasteiger charge is 2.15. The molecule has 2 heterocycles. The molecule has 0 spiro atoms. The van der Waals surface area contributed by atoms with E-state index in [0.29, 0.717) is 17.9 Å². The number of anilines is 1. The monoisotopic (exact) mass is 298 g/mol. The van der Waals surface area contributed by atoms with E-state index in [1.165, 1.54) is 0 Å². The van der Waals surface area contributed by atoms with Gasteiger partial charge in [0, 0.05) is 31.2 Å². The minimum Gasteiger partial charge on any atom is -0.340 e. The van der Waals surface area contributed by atoms with Crippen LogP contribution in [0.1, 0.15) is 6.92 Å². The Morgan fingerprint density at radius 1 is 1.42 bits per heavy atom. The van der Waals surface area contributed by atoms with Crippen LogP contribution in [-0.2, 0) is 0 Å². The third-order valence-electron chi connectivity index (χ3n) is 2.70. The number of nitrogens with zero attached hydrogens (tertiary/aromatic N) is 6. The van der Waals surface area contributed by atoms with E-state index < -0.39 is 0 Å². The quantitative estimate of drug-likeness (QED) is 0.840. The largest absolute Gasteiger partial charge is 0.340 e. The molecule has 1 atom stereocenters. The van der Waals surface area contributed by atoms with Crippen LogP contribution in [0.25, 0.3) is 5.95 Å². The van der Waals surface area contributed by atoms with Gasteiger partial charge in [0.15, 0.2) is 0 Å². The molecule has 2 aromatic heterocycles. The summed E-state index contributed by atoms with van der Waals surface area (Å²) < 4.78 is 1.70. The third-order valence-corrected chi connectivity index (χ3v) is 3.69. The second-order valence-electron chi connectivity index (χ2n) is 4.09. The highest BCUT2D eigenvalue weighted by Crippen LogP contribution is 2.15. The molecule has 0 aliphatic rings. The first kappa shape index (κ1) is 14.1. The van der Waals surface area contributed by atoms with Crippen LogP contribution in [-0.4, -0.2) is 49.6 Å². The molecule has 8 heteroatoms. The fourth-order valence-electron chi connectivity index (χ4n) is 1.53. The lowest BCUT2D eigenvalue weighted by Gasteiger charge is -2.24. The molecule has 6 nitrogen and oxygen atoms in total. The Morgan fingerprint density at radius 2 is 2.21 bits per heavy atom. The van der Waals surface area contributed by atoms with E-state index in [4.69, 9.17) is 11.6 Å². The molecule has 2 aromatic rings. The minimum atomic E-state index is 0.178. The number of hydrogen-bond acceptors (Lipinski definition) is 6. The van der Waals surface area contributed by atoms with E-state index in [9.17, 15) is 0 Å². The van der Waals surface area contributed by atoms with Gasteiger partial charge in [-0.15, -0.1) is 0 Å². The molecule has 19 heavy (non-hydrogen) atoms. The summed E-state index contributed by atoms with van der Waals surface area (Å²) in [5.41, 5.74) is 0. The van der Waals surface area contributed by atoms with Crippen molar-refractivity contribution in [2.45, 2.75) is 13.0 Å². The van der Waals surface area contributed by atoms with Gasteiger partial charge >= 0.3 is 0 Å². The maximum atomic E-state index is 5.96. The lowest BCUT2D eigenvalue weighted by Crippen LogP contribution is -2.32. The predicted molar refractivity (Wildman–Crippen MR) is 78.2 cm³/mol. The van der Waals surface area contributed by atoms with Crippen LogP contribution in [0.15, 0.2) is 18.7 Å². The summed E-state index contributed by atoms with van der Waals surface area (Å²) in [6.45, 7) is 2.12. The van der Waals surface area contributed by atoms with Crippen LogP contribution >= 0.6 is 23.4 Å². The highest BCUT2D eigenvalue weighted by atomic mass is 35.5. The maximum Gasteiger partial charge on any atom is 0.241 e. The molecule has 1 unspecified atom stereocenters. The average molecular weight is 299 g/mol. The van der Waals surface area contributed by atoms with E-state index in [-0.39, 0.29) is 5.28 Å². The van der Waals surface area contributed by atoms with Gasteiger partial charge in [0.05, 0.1) is 0 Å². The van der Waals surface area contributed by atoms with Crippen LogP contribution in [0.4, 0.5) is 5.95 Å². The first-order valence-corrected chi connectivity index (χ1v) is 7.50. The van der Waals surface area contributed by atoms with Gasteiger partial charge in [-0.3, -0.25) is 4.57 Å². The Balaban J connectivity index is 2.31. The minimum absolute atomic E-state index is 0.178. The van der Waals surface area contributed by atoms with Gasteiger partial charge in [-0.2, -0.15) is 26.7 Å². The van der Waals surface area contributed by atoms with Crippen molar-refractivity contribution in [1.82, 2.24) is 24.5 Å². The van der Waals surface area contributed by atoms with Crippen molar-refractivity contribution in [3.05, 3.63) is 24.0 Å². The number of hydrogen-bond donors (Lipinski definition) is 0. The zero-order chi connectivity index (χ0) is 13.8. The summed E-state index contributed by atoms with van der Waals surface area (Å²) in [5, 5.41) is 0.178. The third kappa shape index (κ3) is 3.36. The topological polar surface area (TPSA) is 59.7 Å². The van der Waals surface area contributed by atoms with Gasteiger partial charge in [0.25, 0.3) is 0 Å². The molecule has 0 saturated carbocycles. The molecule has 0 amide bonds. The molecule has 2 rings (SSSR count). The average Bonchev–Trinajstić information content (AvgIpc) is 2.91. The van der Waals surface area contributed by atoms with E-state index >= 15 is 0 Å². The standard InChI is InChI=1S/C11H15ClN6S/c1-8(6-19-3)17(2)10-14-9(12)15-11(16-10)18-5-4-13-7-18/h4-5,7-8H,6H2,1-3H3. The molecule has 0 aliphatic heterocycles. The molecule has 0 fully saturated rings. The van der Waals surface area contributed by atoms with Crippen LogP contribution in [0.2, 0.25) is 5.28 Å². The molecule has 0 N–H and O–H groups in total. The molecule has 102 valence electrons. The molecule has 0 aliphatic carbocycles. The van der Waals surface area contributed by atoms with Crippen molar-refractivity contribution in [2.24, 2.45) is 0 Å². The van der Waals surface area contributed by atoms with E-state index in [2.05, 4.69) is 33.1 Å². The molecular formula is C11H15ClN6S. The summed E-state index contributed by atoms with van der Waals surface area (Å²) in [7, 11) is 1.95. The van der Waals surface area contributed by atoms with Crippen molar-refractivity contribution in [2.75, 3.05) is 24.0 Å². The second kappa shape index (κ2) is 6.21. The Morgan fingerprint density at radius 3 is 2.84 bits per heavy atom. The van der Waals surface area contributed by atoms with Crippen LogP contribution in [0.5, 0.6) is 0 Å². The number of thioether (sulfide) groups is 1. The zero-order valence-corrected chi connectivity index (χ0v) is 12.6. The molecule has 0 saturated heterocycles. The first-order valence-electron chi connectivity index (χ1n) is 5.73. The molecule has 0 bridgehead atoms. The molecule has 0 radical (unpaired) electrons. The number of imidazole rings is 1. The van der Waals surface area contributed by atoms with Crippen molar-refractivity contribution < 1.29 is 0 Å². The van der Waals surface area contributed by atoms with Crippen molar-refractivity contribution in [3.8, 4) is 5.95 Å². The SMILES string of the molecule is CSCC(C)N(C)c1nc(Cl)nc(-n2ccnc2)n1. The molecular weight excluding hydrogens is 284 g/mol. The van der Waals surface area contributed by atoms with E-state index in [0.717, 1.165) is 5.75 Å². The summed E-state index contributed by atoms with van der Waals surface area (Å²) in [4.78, 5) is 18.6. The number of halogens is 1. The lowest BCUT2D eigenvalue weighted by molar-refractivity contribution is 0.728. The summed E-state index contributed by atoms with van der Waals surface area (Å²) in [6, 6.07) is 0.309. The van der Waals surface area contributed by atoms with Crippen LogP contribution < -0.4 is 4.90 Å². The Labute approximate surface area is 121 Å². The van der Waals surface area contributed by atoms with Crippen LogP contribution in [0, 0.1) is 0 Å². The second-order valence-corrected chi connectivity index (χ2v) is 5.34. The van der Waals surface area contributed by atoms with Gasteiger partial charge < -0.3 is 4.90 Å². The summed E-state index contributed by atoms with van der Waals surface area (Å²) in [6.07, 6.45) is 7.13. The normalized spacial score (nSPS) is 12.4. The number of aromatic nitrogens is 5. The van der Waals surface area contributed by atoms with Crippen molar-refractivity contribution in [1.29, 1.82) is 0 Å². The summed E-state index contributed by atoms with van der Waals surface area (Å²) >= 11 is 7.74. The van der Waals surface area contributed by atoms with E-state index in [1.54, 1.807) is 35.0 Å². The van der Waals surface area contributed by atoms with Gasteiger partial charge in [0.2, 0.25) is 17.2 Å². The highest BCUT2D eigenvalue weighted by molar-refractivity contribution is 7.98. The van der Waals surface area contributed by atoms with Gasteiger partial charge in [-0.1, -0.05) is 0 Å². The smallest absolute Gasteiger partial charge is 0.241 e. The fourth-order valence-corrected chi connectivity index (χ4v) is 2.39. The predicted octanol–water partition coefficient (Wildman–Crippen LogP) is 1.90. The van der Waals surface area contributed by atoms with Gasteiger partial charge in [0.1, 0.15) is 6.33 Å².